The van der Waals surface area contributed by atoms with Crippen molar-refractivity contribution in [2.24, 2.45) is 0 Å². The van der Waals surface area contributed by atoms with Crippen molar-refractivity contribution in [1.82, 2.24) is 0 Å². The zero-order valence-corrected chi connectivity index (χ0v) is 13.1. The summed E-state index contributed by atoms with van der Waals surface area (Å²) in [5, 5.41) is 2.93. The second-order valence-electron chi connectivity index (χ2n) is 5.09. The smallest absolute Gasteiger partial charge is 0.243 e. The van der Waals surface area contributed by atoms with Crippen molar-refractivity contribution in [1.29, 1.82) is 0 Å². The SMILES string of the molecule is Nc1ccc2c(c1)CCN2CC(=O)Nc1ccccc1Br. The van der Waals surface area contributed by atoms with Gasteiger partial charge in [-0.05, 0) is 58.2 Å². The van der Waals surface area contributed by atoms with E-state index >= 15 is 0 Å². The summed E-state index contributed by atoms with van der Waals surface area (Å²) >= 11 is 3.43. The van der Waals surface area contributed by atoms with Crippen LogP contribution < -0.4 is 16.0 Å². The minimum atomic E-state index is -0.0217. The first kappa shape index (κ1) is 13.9. The second kappa shape index (κ2) is 5.77. The Bertz CT molecular complexity index is 687. The minimum Gasteiger partial charge on any atom is -0.399 e. The van der Waals surface area contributed by atoms with Gasteiger partial charge in [0.05, 0.1) is 12.2 Å². The first-order chi connectivity index (χ1) is 10.1. The van der Waals surface area contributed by atoms with Crippen LogP contribution in [-0.4, -0.2) is 19.0 Å². The summed E-state index contributed by atoms with van der Waals surface area (Å²) in [5.74, 6) is -0.0217. The quantitative estimate of drug-likeness (QED) is 0.840. The van der Waals surface area contributed by atoms with Gasteiger partial charge in [-0.2, -0.15) is 0 Å². The topological polar surface area (TPSA) is 58.4 Å². The molecule has 0 spiro atoms. The molecule has 4 nitrogen and oxygen atoms in total. The lowest BCUT2D eigenvalue weighted by Gasteiger charge is -2.19. The molecule has 3 rings (SSSR count). The van der Waals surface area contributed by atoms with E-state index in [0.717, 1.165) is 34.5 Å². The number of nitrogen functional groups attached to an aromatic ring is 1. The molecular formula is C16H16BrN3O. The molecule has 0 aromatic heterocycles. The maximum atomic E-state index is 12.2. The van der Waals surface area contributed by atoms with Gasteiger partial charge in [0.25, 0.3) is 0 Å². The van der Waals surface area contributed by atoms with Gasteiger partial charge in [-0.25, -0.2) is 0 Å². The Balaban J connectivity index is 1.69. The lowest BCUT2D eigenvalue weighted by molar-refractivity contribution is -0.115. The van der Waals surface area contributed by atoms with Crippen LogP contribution in [0.5, 0.6) is 0 Å². The van der Waals surface area contributed by atoms with Crippen LogP contribution >= 0.6 is 15.9 Å². The number of nitrogens with two attached hydrogens (primary N) is 1. The zero-order valence-electron chi connectivity index (χ0n) is 11.5. The average molecular weight is 346 g/mol. The molecule has 0 aliphatic carbocycles. The van der Waals surface area contributed by atoms with Crippen molar-refractivity contribution in [3.8, 4) is 0 Å². The standard InChI is InChI=1S/C16H16BrN3O/c17-13-3-1-2-4-14(13)19-16(21)10-20-8-7-11-9-12(18)5-6-15(11)20/h1-6,9H,7-8,10,18H2,(H,19,21). The van der Waals surface area contributed by atoms with Gasteiger partial charge in [0, 0.05) is 22.4 Å². The number of benzene rings is 2. The molecular weight excluding hydrogens is 330 g/mol. The third kappa shape index (κ3) is 3.03. The molecule has 0 saturated heterocycles. The summed E-state index contributed by atoms with van der Waals surface area (Å²) < 4.78 is 0.882. The predicted octanol–water partition coefficient (Wildman–Crippen LogP) is 3.03. The number of anilines is 3. The molecule has 1 heterocycles. The fraction of sp³-hybridized carbons (Fsp3) is 0.188. The number of carbonyl (C=O) groups excluding carboxylic acids is 1. The molecule has 2 aromatic rings. The minimum absolute atomic E-state index is 0.0217. The highest BCUT2D eigenvalue weighted by Gasteiger charge is 2.21. The molecule has 0 fully saturated rings. The van der Waals surface area contributed by atoms with Gasteiger partial charge in [-0.3, -0.25) is 4.79 Å². The summed E-state index contributed by atoms with van der Waals surface area (Å²) in [6, 6.07) is 13.5. The van der Waals surface area contributed by atoms with Gasteiger partial charge in [0.15, 0.2) is 0 Å². The molecule has 0 atom stereocenters. The summed E-state index contributed by atoms with van der Waals surface area (Å²) in [6.45, 7) is 1.19. The van der Waals surface area contributed by atoms with Crippen LogP contribution in [0.1, 0.15) is 5.56 Å². The second-order valence-corrected chi connectivity index (χ2v) is 5.94. The maximum Gasteiger partial charge on any atom is 0.243 e. The van der Waals surface area contributed by atoms with Crippen molar-refractivity contribution in [3.63, 3.8) is 0 Å². The molecule has 0 bridgehead atoms. The Labute approximate surface area is 132 Å². The number of rotatable bonds is 3. The van der Waals surface area contributed by atoms with Crippen LogP contribution in [0.3, 0.4) is 0 Å². The summed E-state index contributed by atoms with van der Waals surface area (Å²) in [6.07, 6.45) is 0.933. The van der Waals surface area contributed by atoms with E-state index in [0.29, 0.717) is 6.54 Å². The molecule has 1 aliphatic rings. The number of para-hydroxylation sites is 1. The van der Waals surface area contributed by atoms with E-state index in [9.17, 15) is 4.79 Å². The molecule has 21 heavy (non-hydrogen) atoms. The summed E-state index contributed by atoms with van der Waals surface area (Å²) in [5.41, 5.74) is 9.67. The Morgan fingerprint density at radius 3 is 2.90 bits per heavy atom. The molecule has 108 valence electrons. The first-order valence-corrected chi connectivity index (χ1v) is 7.60. The molecule has 1 aliphatic heterocycles. The Morgan fingerprint density at radius 1 is 1.29 bits per heavy atom. The Kier molecular flexibility index (Phi) is 3.84. The van der Waals surface area contributed by atoms with E-state index in [1.165, 1.54) is 5.56 Å². The fourth-order valence-electron chi connectivity index (χ4n) is 2.58. The van der Waals surface area contributed by atoms with Crippen LogP contribution in [0, 0.1) is 0 Å². The van der Waals surface area contributed by atoms with Crippen molar-refractivity contribution < 1.29 is 4.79 Å². The highest BCUT2D eigenvalue weighted by molar-refractivity contribution is 9.10. The van der Waals surface area contributed by atoms with Gasteiger partial charge in [-0.15, -0.1) is 0 Å². The van der Waals surface area contributed by atoms with Crippen LogP contribution in [0.4, 0.5) is 17.1 Å². The fourth-order valence-corrected chi connectivity index (χ4v) is 2.96. The number of amides is 1. The average Bonchev–Trinajstić information content (AvgIpc) is 2.83. The van der Waals surface area contributed by atoms with Gasteiger partial charge >= 0.3 is 0 Å². The van der Waals surface area contributed by atoms with Gasteiger partial charge in [0.2, 0.25) is 5.91 Å². The molecule has 2 aromatic carbocycles. The van der Waals surface area contributed by atoms with E-state index < -0.39 is 0 Å². The third-order valence-corrected chi connectivity index (χ3v) is 4.27. The summed E-state index contributed by atoms with van der Waals surface area (Å²) in [4.78, 5) is 14.3. The van der Waals surface area contributed by atoms with E-state index in [-0.39, 0.29) is 5.91 Å². The largest absolute Gasteiger partial charge is 0.399 e. The Hall–Kier alpha value is -2.01. The van der Waals surface area contributed by atoms with E-state index in [2.05, 4.69) is 26.1 Å². The molecule has 3 N–H and O–H groups in total. The zero-order chi connectivity index (χ0) is 14.8. The number of fused-ring (bicyclic) bond motifs is 1. The molecule has 1 amide bonds. The van der Waals surface area contributed by atoms with Crippen LogP contribution in [-0.2, 0) is 11.2 Å². The van der Waals surface area contributed by atoms with Crippen LogP contribution in [0.2, 0.25) is 0 Å². The molecule has 0 saturated carbocycles. The van der Waals surface area contributed by atoms with Crippen molar-refractivity contribution in [3.05, 3.63) is 52.5 Å². The summed E-state index contributed by atoms with van der Waals surface area (Å²) in [7, 11) is 0. The lowest BCUT2D eigenvalue weighted by Crippen LogP contribution is -2.31. The van der Waals surface area contributed by atoms with E-state index in [1.807, 2.05) is 42.5 Å². The number of hydrogen-bond acceptors (Lipinski definition) is 3. The van der Waals surface area contributed by atoms with Crippen molar-refractivity contribution >= 4 is 38.9 Å². The van der Waals surface area contributed by atoms with E-state index in [1.54, 1.807) is 0 Å². The monoisotopic (exact) mass is 345 g/mol. The van der Waals surface area contributed by atoms with Crippen LogP contribution in [0.25, 0.3) is 0 Å². The van der Waals surface area contributed by atoms with Gasteiger partial charge in [-0.1, -0.05) is 12.1 Å². The number of nitrogens with zero attached hydrogens (tertiary/aromatic N) is 1. The lowest BCUT2D eigenvalue weighted by atomic mass is 10.1. The molecule has 0 unspecified atom stereocenters. The first-order valence-electron chi connectivity index (χ1n) is 6.81. The normalized spacial score (nSPS) is 13.1. The predicted molar refractivity (Wildman–Crippen MR) is 89.5 cm³/mol. The maximum absolute atomic E-state index is 12.2. The number of hydrogen-bond donors (Lipinski definition) is 2. The number of carbonyl (C=O) groups is 1. The van der Waals surface area contributed by atoms with Crippen molar-refractivity contribution in [2.45, 2.75) is 6.42 Å². The van der Waals surface area contributed by atoms with Gasteiger partial charge in [0.1, 0.15) is 0 Å². The van der Waals surface area contributed by atoms with E-state index in [4.69, 9.17) is 5.73 Å². The third-order valence-electron chi connectivity index (χ3n) is 3.58. The molecule has 0 radical (unpaired) electrons. The van der Waals surface area contributed by atoms with Gasteiger partial charge < -0.3 is 16.0 Å². The van der Waals surface area contributed by atoms with Crippen LogP contribution in [0.15, 0.2) is 46.9 Å². The highest BCUT2D eigenvalue weighted by atomic mass is 79.9. The highest BCUT2D eigenvalue weighted by Crippen LogP contribution is 2.29. The molecule has 5 heteroatoms. The number of nitrogens with one attached hydrogen (secondary N) is 1. The Morgan fingerprint density at radius 2 is 2.10 bits per heavy atom. The number of halogens is 1. The van der Waals surface area contributed by atoms with Crippen molar-refractivity contribution in [2.75, 3.05) is 29.0 Å².